The van der Waals surface area contributed by atoms with Crippen LogP contribution in [-0.4, -0.2) is 22.5 Å². The molecule has 0 spiro atoms. The van der Waals surface area contributed by atoms with Crippen LogP contribution in [0, 0.1) is 0 Å². The van der Waals surface area contributed by atoms with Gasteiger partial charge in [0.1, 0.15) is 5.54 Å². The van der Waals surface area contributed by atoms with Crippen molar-refractivity contribution < 1.29 is 14.4 Å². The molecule has 4 N–H and O–H groups in total. The van der Waals surface area contributed by atoms with Gasteiger partial charge in [-0.25, -0.2) is 0 Å². The zero-order chi connectivity index (χ0) is 14.6. The van der Waals surface area contributed by atoms with E-state index < -0.39 is 11.4 Å². The van der Waals surface area contributed by atoms with Crippen molar-refractivity contribution in [3.63, 3.8) is 0 Å². The van der Waals surface area contributed by atoms with E-state index in [0.717, 1.165) is 25.7 Å². The molecule has 6 nitrogen and oxygen atoms in total. The molecule has 0 unspecified atom stereocenters. The van der Waals surface area contributed by atoms with E-state index in [9.17, 15) is 4.79 Å². The van der Waals surface area contributed by atoms with Gasteiger partial charge in [-0.3, -0.25) is 4.79 Å². The lowest BCUT2D eigenvalue weighted by Gasteiger charge is -2.32. The fraction of sp³-hybridized carbons (Fsp3) is 0.538. The standard InChI is InChI=1S/C13H18ClN3O3/c14-10-6-5-9(20-10)11(18)16-13(12(15)17-19)7-3-1-2-4-8-13/h5-6,19H,1-4,7-8H2,(H2,15,17)(H,16,18). The van der Waals surface area contributed by atoms with Gasteiger partial charge in [0.15, 0.2) is 16.8 Å². The average molecular weight is 300 g/mol. The van der Waals surface area contributed by atoms with Crippen LogP contribution in [0.4, 0.5) is 0 Å². The Morgan fingerprint density at radius 1 is 1.35 bits per heavy atom. The molecule has 1 amide bonds. The van der Waals surface area contributed by atoms with Gasteiger partial charge in [0.05, 0.1) is 0 Å². The van der Waals surface area contributed by atoms with Gasteiger partial charge in [0.2, 0.25) is 0 Å². The smallest absolute Gasteiger partial charge is 0.287 e. The van der Waals surface area contributed by atoms with Crippen molar-refractivity contribution in [3.8, 4) is 0 Å². The summed E-state index contributed by atoms with van der Waals surface area (Å²) in [5, 5.41) is 15.1. The van der Waals surface area contributed by atoms with Gasteiger partial charge in [-0.1, -0.05) is 30.8 Å². The highest BCUT2D eigenvalue weighted by molar-refractivity contribution is 6.29. The largest absolute Gasteiger partial charge is 0.440 e. The van der Waals surface area contributed by atoms with Crippen molar-refractivity contribution in [2.75, 3.05) is 0 Å². The van der Waals surface area contributed by atoms with E-state index in [4.69, 9.17) is 27.0 Å². The Balaban J connectivity index is 2.21. The number of nitrogens with zero attached hydrogens (tertiary/aromatic N) is 1. The van der Waals surface area contributed by atoms with Gasteiger partial charge in [0.25, 0.3) is 5.91 Å². The van der Waals surface area contributed by atoms with Crippen molar-refractivity contribution in [2.24, 2.45) is 10.9 Å². The number of rotatable bonds is 3. The van der Waals surface area contributed by atoms with Crippen molar-refractivity contribution in [1.29, 1.82) is 0 Å². The molecule has 1 saturated carbocycles. The maximum atomic E-state index is 12.2. The van der Waals surface area contributed by atoms with Crippen LogP contribution >= 0.6 is 11.6 Å². The number of nitrogens with one attached hydrogen (secondary N) is 1. The van der Waals surface area contributed by atoms with E-state index in [0.29, 0.717) is 12.8 Å². The van der Waals surface area contributed by atoms with Gasteiger partial charge in [0, 0.05) is 0 Å². The molecule has 7 heteroatoms. The van der Waals surface area contributed by atoms with E-state index in [1.165, 1.54) is 12.1 Å². The molecule has 110 valence electrons. The van der Waals surface area contributed by atoms with Gasteiger partial charge < -0.3 is 20.7 Å². The third-order valence-electron chi connectivity index (χ3n) is 3.70. The first-order valence-corrected chi connectivity index (χ1v) is 7.01. The summed E-state index contributed by atoms with van der Waals surface area (Å²) < 4.78 is 5.09. The minimum atomic E-state index is -0.818. The average Bonchev–Trinajstić information content (AvgIpc) is 2.74. The van der Waals surface area contributed by atoms with E-state index in [2.05, 4.69) is 10.5 Å². The molecule has 1 fully saturated rings. The topological polar surface area (TPSA) is 101 Å². The van der Waals surface area contributed by atoms with Crippen LogP contribution in [0.15, 0.2) is 21.7 Å². The van der Waals surface area contributed by atoms with E-state index >= 15 is 0 Å². The summed E-state index contributed by atoms with van der Waals surface area (Å²) >= 11 is 5.66. The molecule has 0 aliphatic heterocycles. The lowest BCUT2D eigenvalue weighted by molar-refractivity contribution is 0.0887. The van der Waals surface area contributed by atoms with Gasteiger partial charge in [-0.2, -0.15) is 0 Å². The minimum Gasteiger partial charge on any atom is -0.440 e. The van der Waals surface area contributed by atoms with Crippen molar-refractivity contribution >= 4 is 23.3 Å². The van der Waals surface area contributed by atoms with Crippen LogP contribution in [0.2, 0.25) is 5.22 Å². The quantitative estimate of drug-likeness (QED) is 0.262. The van der Waals surface area contributed by atoms with Crippen LogP contribution in [0.5, 0.6) is 0 Å². The highest BCUT2D eigenvalue weighted by atomic mass is 35.5. The van der Waals surface area contributed by atoms with Crippen LogP contribution in [0.25, 0.3) is 0 Å². The number of furan rings is 1. The van der Waals surface area contributed by atoms with Gasteiger partial charge >= 0.3 is 0 Å². The summed E-state index contributed by atoms with van der Waals surface area (Å²) in [4.78, 5) is 12.2. The zero-order valence-electron chi connectivity index (χ0n) is 11.1. The molecular weight excluding hydrogens is 282 g/mol. The SMILES string of the molecule is N/C(=N/O)C1(NC(=O)c2ccc(Cl)o2)CCCCCC1. The summed E-state index contributed by atoms with van der Waals surface area (Å²) in [5.74, 6) is -0.264. The number of nitrogens with two attached hydrogens (primary N) is 1. The second-order valence-electron chi connectivity index (χ2n) is 5.04. The Kier molecular flexibility index (Phi) is 4.54. The first kappa shape index (κ1) is 14.7. The summed E-state index contributed by atoms with van der Waals surface area (Å²) in [7, 11) is 0. The van der Waals surface area contributed by atoms with Crippen LogP contribution in [0.1, 0.15) is 49.1 Å². The predicted octanol–water partition coefficient (Wildman–Crippen LogP) is 2.50. The van der Waals surface area contributed by atoms with Crippen LogP contribution in [-0.2, 0) is 0 Å². The van der Waals surface area contributed by atoms with Crippen molar-refractivity contribution in [2.45, 2.75) is 44.1 Å². The fourth-order valence-electron chi connectivity index (χ4n) is 2.59. The second kappa shape index (κ2) is 6.17. The molecule has 1 aliphatic rings. The summed E-state index contributed by atoms with van der Waals surface area (Å²) in [6.45, 7) is 0. The lowest BCUT2D eigenvalue weighted by Crippen LogP contribution is -2.57. The monoisotopic (exact) mass is 299 g/mol. The molecule has 1 aliphatic carbocycles. The Labute approximate surface area is 122 Å². The molecule has 0 radical (unpaired) electrons. The second-order valence-corrected chi connectivity index (χ2v) is 5.41. The van der Waals surface area contributed by atoms with E-state index in [1.807, 2.05) is 0 Å². The molecule has 2 rings (SSSR count). The van der Waals surface area contributed by atoms with Crippen LogP contribution in [0.3, 0.4) is 0 Å². The van der Waals surface area contributed by atoms with Gasteiger partial charge in [-0.05, 0) is 36.6 Å². The maximum Gasteiger partial charge on any atom is 0.287 e. The molecule has 1 heterocycles. The molecule has 0 aromatic carbocycles. The summed E-state index contributed by atoms with van der Waals surface area (Å²) in [5.41, 5.74) is 4.99. The molecular formula is C13H18ClN3O3. The lowest BCUT2D eigenvalue weighted by atomic mass is 9.88. The number of hydrogen-bond donors (Lipinski definition) is 3. The highest BCUT2D eigenvalue weighted by Gasteiger charge is 2.37. The highest BCUT2D eigenvalue weighted by Crippen LogP contribution is 2.28. The molecule has 0 atom stereocenters. The number of carbonyl (C=O) groups is 1. The first-order chi connectivity index (χ1) is 9.57. The predicted molar refractivity (Wildman–Crippen MR) is 75.0 cm³/mol. The number of amides is 1. The molecule has 0 bridgehead atoms. The number of halogens is 1. The number of hydrogen-bond acceptors (Lipinski definition) is 4. The normalized spacial score (nSPS) is 19.4. The Bertz CT molecular complexity index is 505. The van der Waals surface area contributed by atoms with Crippen molar-refractivity contribution in [1.82, 2.24) is 5.32 Å². The molecule has 0 saturated heterocycles. The summed E-state index contributed by atoms with van der Waals surface area (Å²) in [6, 6.07) is 2.99. The Morgan fingerprint density at radius 2 is 2.00 bits per heavy atom. The number of carbonyl (C=O) groups excluding carboxylic acids is 1. The van der Waals surface area contributed by atoms with Gasteiger partial charge in [-0.15, -0.1) is 0 Å². The maximum absolute atomic E-state index is 12.2. The molecule has 1 aromatic rings. The third kappa shape index (κ3) is 3.07. The Hall–Kier alpha value is -1.69. The molecule has 1 aromatic heterocycles. The third-order valence-corrected chi connectivity index (χ3v) is 3.91. The Morgan fingerprint density at radius 3 is 2.50 bits per heavy atom. The van der Waals surface area contributed by atoms with E-state index in [-0.39, 0.29) is 16.8 Å². The summed E-state index contributed by atoms with van der Waals surface area (Å²) in [6.07, 6.45) is 5.25. The van der Waals surface area contributed by atoms with Crippen LogP contribution < -0.4 is 11.1 Å². The van der Waals surface area contributed by atoms with E-state index in [1.54, 1.807) is 0 Å². The first-order valence-electron chi connectivity index (χ1n) is 6.63. The number of amidine groups is 1. The zero-order valence-corrected chi connectivity index (χ0v) is 11.8. The minimum absolute atomic E-state index is 0.0328. The number of oxime groups is 1. The molecule has 20 heavy (non-hydrogen) atoms. The fourth-order valence-corrected chi connectivity index (χ4v) is 2.73. The van der Waals surface area contributed by atoms with Crippen molar-refractivity contribution in [3.05, 3.63) is 23.1 Å².